The molecule has 0 saturated carbocycles. The molecule has 1 aliphatic heterocycles. The van der Waals surface area contributed by atoms with Gasteiger partial charge in [0.2, 0.25) is 0 Å². The third-order valence-corrected chi connectivity index (χ3v) is 3.91. The molecule has 3 amide bonds. The molecular weight excluding hydrogens is 318 g/mol. The van der Waals surface area contributed by atoms with Gasteiger partial charge in [0.1, 0.15) is 5.75 Å². The molecule has 0 unspecified atom stereocenters. The molecular formula is C19H21N3O3. The van der Waals surface area contributed by atoms with Gasteiger partial charge >= 0.3 is 6.03 Å². The first-order chi connectivity index (χ1) is 12.2. The first-order valence-electron chi connectivity index (χ1n) is 8.34. The summed E-state index contributed by atoms with van der Waals surface area (Å²) in [5.74, 6) is 0.292. The fourth-order valence-corrected chi connectivity index (χ4v) is 2.65. The number of likely N-dealkylation sites (tertiary alicyclic amines) is 1. The molecule has 1 aliphatic rings. The number of para-hydroxylation sites is 1. The molecule has 25 heavy (non-hydrogen) atoms. The van der Waals surface area contributed by atoms with Crippen LogP contribution in [0.4, 0.5) is 16.2 Å². The number of nitrogens with one attached hydrogen (secondary N) is 2. The van der Waals surface area contributed by atoms with E-state index in [9.17, 15) is 9.59 Å². The van der Waals surface area contributed by atoms with Crippen LogP contribution in [0.5, 0.6) is 5.75 Å². The quantitative estimate of drug-likeness (QED) is 0.878. The van der Waals surface area contributed by atoms with Crippen LogP contribution >= 0.6 is 0 Å². The Labute approximate surface area is 146 Å². The fraction of sp³-hybridized carbons (Fsp3) is 0.263. The zero-order valence-corrected chi connectivity index (χ0v) is 13.9. The number of carbonyl (C=O) groups excluding carboxylic acids is 2. The summed E-state index contributed by atoms with van der Waals surface area (Å²) in [7, 11) is 0. The van der Waals surface area contributed by atoms with Gasteiger partial charge in [0.15, 0.2) is 6.61 Å². The van der Waals surface area contributed by atoms with E-state index in [4.69, 9.17) is 4.74 Å². The molecule has 130 valence electrons. The maximum absolute atomic E-state index is 12.1. The number of rotatable bonds is 5. The maximum atomic E-state index is 12.1. The lowest BCUT2D eigenvalue weighted by Gasteiger charge is -2.16. The van der Waals surface area contributed by atoms with Gasteiger partial charge in [0, 0.05) is 30.5 Å². The van der Waals surface area contributed by atoms with Gasteiger partial charge in [0.05, 0.1) is 0 Å². The van der Waals surface area contributed by atoms with Crippen LogP contribution in [-0.2, 0) is 4.79 Å². The van der Waals surface area contributed by atoms with Crippen molar-refractivity contribution in [1.82, 2.24) is 4.90 Å². The molecule has 2 aromatic carbocycles. The molecule has 1 fully saturated rings. The lowest BCUT2D eigenvalue weighted by Crippen LogP contribution is -2.32. The van der Waals surface area contributed by atoms with Gasteiger partial charge in [-0.3, -0.25) is 4.79 Å². The fourth-order valence-electron chi connectivity index (χ4n) is 2.65. The average molecular weight is 339 g/mol. The zero-order valence-electron chi connectivity index (χ0n) is 13.9. The highest BCUT2D eigenvalue weighted by Gasteiger charge is 2.17. The van der Waals surface area contributed by atoms with E-state index in [0.29, 0.717) is 11.4 Å². The minimum absolute atomic E-state index is 0.0988. The monoisotopic (exact) mass is 339 g/mol. The highest BCUT2D eigenvalue weighted by molar-refractivity contribution is 5.92. The second-order valence-electron chi connectivity index (χ2n) is 5.86. The number of carbonyl (C=O) groups is 2. The van der Waals surface area contributed by atoms with Crippen molar-refractivity contribution in [1.29, 1.82) is 0 Å². The number of hydrogen-bond acceptors (Lipinski definition) is 3. The van der Waals surface area contributed by atoms with Crippen molar-refractivity contribution in [3.05, 3.63) is 54.6 Å². The van der Waals surface area contributed by atoms with Gasteiger partial charge in [-0.05, 0) is 37.1 Å². The van der Waals surface area contributed by atoms with E-state index in [0.717, 1.165) is 31.6 Å². The van der Waals surface area contributed by atoms with Crippen molar-refractivity contribution in [2.45, 2.75) is 12.8 Å². The standard InChI is InChI=1S/C19H21N3O3/c23-18(20-15-7-2-1-3-8-15)14-25-17-10-6-9-16(13-17)21-19(24)22-11-4-5-12-22/h1-3,6-10,13H,4-5,11-12,14H2,(H,20,23)(H,21,24). The molecule has 1 saturated heterocycles. The summed E-state index contributed by atoms with van der Waals surface area (Å²) in [6.45, 7) is 1.49. The van der Waals surface area contributed by atoms with E-state index in [-0.39, 0.29) is 18.5 Å². The van der Waals surface area contributed by atoms with Gasteiger partial charge in [0.25, 0.3) is 5.91 Å². The summed E-state index contributed by atoms with van der Waals surface area (Å²) in [5, 5.41) is 5.61. The van der Waals surface area contributed by atoms with Crippen LogP contribution in [0.3, 0.4) is 0 Å². The summed E-state index contributed by atoms with van der Waals surface area (Å²) < 4.78 is 5.51. The Hall–Kier alpha value is -3.02. The summed E-state index contributed by atoms with van der Waals surface area (Å²) in [5.41, 5.74) is 1.38. The van der Waals surface area contributed by atoms with E-state index >= 15 is 0 Å². The van der Waals surface area contributed by atoms with Crippen molar-refractivity contribution >= 4 is 23.3 Å². The van der Waals surface area contributed by atoms with Gasteiger partial charge in [-0.1, -0.05) is 24.3 Å². The van der Waals surface area contributed by atoms with Crippen molar-refractivity contribution < 1.29 is 14.3 Å². The highest BCUT2D eigenvalue weighted by atomic mass is 16.5. The second-order valence-corrected chi connectivity index (χ2v) is 5.86. The minimum atomic E-state index is -0.238. The largest absolute Gasteiger partial charge is 0.484 e. The average Bonchev–Trinajstić information content (AvgIpc) is 3.16. The molecule has 0 bridgehead atoms. The van der Waals surface area contributed by atoms with Gasteiger partial charge < -0.3 is 20.3 Å². The maximum Gasteiger partial charge on any atom is 0.321 e. The minimum Gasteiger partial charge on any atom is -0.484 e. The number of amides is 3. The number of hydrogen-bond donors (Lipinski definition) is 2. The molecule has 2 N–H and O–H groups in total. The van der Waals surface area contributed by atoms with E-state index in [1.54, 1.807) is 29.2 Å². The third kappa shape index (κ3) is 4.97. The molecule has 3 rings (SSSR count). The van der Waals surface area contributed by atoms with Crippen LogP contribution in [0.25, 0.3) is 0 Å². The predicted octanol–water partition coefficient (Wildman–Crippen LogP) is 3.33. The number of anilines is 2. The summed E-state index contributed by atoms with van der Waals surface area (Å²) in [4.78, 5) is 25.8. The van der Waals surface area contributed by atoms with E-state index in [1.165, 1.54) is 0 Å². The molecule has 6 nitrogen and oxygen atoms in total. The van der Waals surface area contributed by atoms with Crippen molar-refractivity contribution in [3.63, 3.8) is 0 Å². The highest BCUT2D eigenvalue weighted by Crippen LogP contribution is 2.19. The number of nitrogens with zero attached hydrogens (tertiary/aromatic N) is 1. The summed E-state index contributed by atoms with van der Waals surface area (Å²) in [6.07, 6.45) is 2.10. The van der Waals surface area contributed by atoms with E-state index < -0.39 is 0 Å². The first-order valence-corrected chi connectivity index (χ1v) is 8.34. The third-order valence-electron chi connectivity index (χ3n) is 3.91. The van der Waals surface area contributed by atoms with Gasteiger partial charge in [-0.2, -0.15) is 0 Å². The van der Waals surface area contributed by atoms with Gasteiger partial charge in [-0.25, -0.2) is 4.79 Å². The van der Waals surface area contributed by atoms with E-state index in [2.05, 4.69) is 10.6 Å². The van der Waals surface area contributed by atoms with Crippen LogP contribution in [0.2, 0.25) is 0 Å². The number of ether oxygens (including phenoxy) is 1. The second kappa shape index (κ2) is 8.19. The van der Waals surface area contributed by atoms with Crippen LogP contribution in [0, 0.1) is 0 Å². The number of urea groups is 1. The van der Waals surface area contributed by atoms with Crippen molar-refractivity contribution in [3.8, 4) is 5.75 Å². The smallest absolute Gasteiger partial charge is 0.321 e. The Morgan fingerprint density at radius 2 is 1.64 bits per heavy atom. The number of benzene rings is 2. The van der Waals surface area contributed by atoms with E-state index in [1.807, 2.05) is 30.3 Å². The topological polar surface area (TPSA) is 70.7 Å². The van der Waals surface area contributed by atoms with Crippen LogP contribution in [0.15, 0.2) is 54.6 Å². The normalized spacial score (nSPS) is 13.4. The predicted molar refractivity (Wildman–Crippen MR) is 96.8 cm³/mol. The van der Waals surface area contributed by atoms with Crippen molar-refractivity contribution in [2.75, 3.05) is 30.3 Å². The molecule has 1 heterocycles. The molecule has 2 aromatic rings. The molecule has 0 aliphatic carbocycles. The summed E-state index contributed by atoms with van der Waals surface area (Å²) in [6, 6.07) is 16.1. The van der Waals surface area contributed by atoms with Gasteiger partial charge in [-0.15, -0.1) is 0 Å². The molecule has 0 radical (unpaired) electrons. The van der Waals surface area contributed by atoms with Crippen molar-refractivity contribution in [2.24, 2.45) is 0 Å². The Morgan fingerprint density at radius 3 is 2.40 bits per heavy atom. The Morgan fingerprint density at radius 1 is 0.920 bits per heavy atom. The molecule has 6 heteroatoms. The molecule has 0 spiro atoms. The summed E-state index contributed by atoms with van der Waals surface area (Å²) >= 11 is 0. The molecule has 0 atom stereocenters. The zero-order chi connectivity index (χ0) is 17.5. The Bertz CT molecular complexity index is 728. The van der Waals surface area contributed by atoms with Crippen LogP contribution in [-0.4, -0.2) is 36.5 Å². The lowest BCUT2D eigenvalue weighted by atomic mass is 10.3. The first kappa shape index (κ1) is 16.8. The lowest BCUT2D eigenvalue weighted by molar-refractivity contribution is -0.118. The van der Waals surface area contributed by atoms with Crippen LogP contribution in [0.1, 0.15) is 12.8 Å². The SMILES string of the molecule is O=C(COc1cccc(NC(=O)N2CCCC2)c1)Nc1ccccc1. The Balaban J connectivity index is 1.51. The Kier molecular flexibility index (Phi) is 5.51. The van der Waals surface area contributed by atoms with Crippen LogP contribution < -0.4 is 15.4 Å². The molecule has 0 aromatic heterocycles.